The fourth-order valence-corrected chi connectivity index (χ4v) is 2.48. The largest absolute Gasteiger partial charge is 0.480 e. The van der Waals surface area contributed by atoms with Crippen molar-refractivity contribution < 1.29 is 19.5 Å². The maximum absolute atomic E-state index is 12.6. The normalized spacial score (nSPS) is 16.4. The first-order chi connectivity index (χ1) is 9.95. The molecule has 0 saturated heterocycles. The second kappa shape index (κ2) is 5.82. The van der Waals surface area contributed by atoms with Crippen LogP contribution in [0.4, 0.5) is 10.5 Å². The molecule has 2 rings (SSSR count). The van der Waals surface area contributed by atoms with E-state index in [1.54, 1.807) is 31.2 Å². The Morgan fingerprint density at radius 1 is 1.38 bits per heavy atom. The summed E-state index contributed by atoms with van der Waals surface area (Å²) in [6.45, 7) is 1.74. The number of benzene rings is 1. The van der Waals surface area contributed by atoms with Crippen molar-refractivity contribution in [2.75, 3.05) is 18.0 Å². The van der Waals surface area contributed by atoms with Gasteiger partial charge in [-0.05, 0) is 18.6 Å². The van der Waals surface area contributed by atoms with E-state index in [4.69, 9.17) is 5.73 Å². The minimum absolute atomic E-state index is 0.236. The molecule has 7 nitrogen and oxygen atoms in total. The van der Waals surface area contributed by atoms with Crippen molar-refractivity contribution in [2.24, 2.45) is 5.73 Å². The Morgan fingerprint density at radius 2 is 2.05 bits per heavy atom. The van der Waals surface area contributed by atoms with Gasteiger partial charge in [0.05, 0.1) is 0 Å². The number of likely N-dealkylation sites (N-methyl/N-ethyl adjacent to an activating group) is 1. The lowest BCUT2D eigenvalue weighted by Gasteiger charge is -2.29. The molecule has 1 heterocycles. The summed E-state index contributed by atoms with van der Waals surface area (Å²) in [5.41, 5.74) is 6.49. The summed E-state index contributed by atoms with van der Waals surface area (Å²) in [5, 5.41) is 9.34. The number of urea groups is 1. The third-order valence-corrected chi connectivity index (χ3v) is 3.47. The molecule has 1 atom stereocenters. The monoisotopic (exact) mass is 291 g/mol. The fourth-order valence-electron chi connectivity index (χ4n) is 2.48. The molecule has 21 heavy (non-hydrogen) atoms. The molecule has 1 unspecified atom stereocenters. The topological polar surface area (TPSA) is 104 Å². The first kappa shape index (κ1) is 14.8. The summed E-state index contributed by atoms with van der Waals surface area (Å²) in [7, 11) is 0. The number of amides is 3. The van der Waals surface area contributed by atoms with Crippen LogP contribution >= 0.6 is 0 Å². The van der Waals surface area contributed by atoms with Crippen molar-refractivity contribution in [3.8, 4) is 0 Å². The number of aliphatic carboxylic acids is 1. The molecular formula is C14H17N3O4. The van der Waals surface area contributed by atoms with Crippen LogP contribution in [-0.2, 0) is 16.0 Å². The molecule has 0 fully saturated rings. The Bertz CT molecular complexity index is 587. The van der Waals surface area contributed by atoms with Crippen LogP contribution in [0.5, 0.6) is 0 Å². The van der Waals surface area contributed by atoms with Crippen LogP contribution in [0.3, 0.4) is 0 Å². The number of nitrogens with two attached hydrogens (primary N) is 1. The molecule has 3 amide bonds. The van der Waals surface area contributed by atoms with Gasteiger partial charge in [0.15, 0.2) is 0 Å². The molecule has 112 valence electrons. The number of rotatable bonds is 4. The van der Waals surface area contributed by atoms with Crippen LogP contribution in [0.25, 0.3) is 0 Å². The number of carbonyl (C=O) groups is 3. The lowest BCUT2D eigenvalue weighted by molar-refractivity contribution is -0.138. The number of hydrogen-bond donors (Lipinski definition) is 2. The van der Waals surface area contributed by atoms with Gasteiger partial charge in [-0.15, -0.1) is 0 Å². The molecule has 3 N–H and O–H groups in total. The van der Waals surface area contributed by atoms with Gasteiger partial charge in [0.25, 0.3) is 0 Å². The third kappa shape index (κ3) is 2.81. The van der Waals surface area contributed by atoms with Crippen molar-refractivity contribution >= 4 is 23.6 Å². The number of para-hydroxylation sites is 1. The Labute approximate surface area is 121 Å². The van der Waals surface area contributed by atoms with Crippen LogP contribution < -0.4 is 10.6 Å². The highest BCUT2D eigenvalue weighted by molar-refractivity contribution is 6.02. The minimum Gasteiger partial charge on any atom is -0.480 e. The van der Waals surface area contributed by atoms with Gasteiger partial charge in [-0.2, -0.15) is 0 Å². The number of carbonyl (C=O) groups excluding carboxylic acids is 2. The molecule has 1 aliphatic heterocycles. The molecular weight excluding hydrogens is 274 g/mol. The van der Waals surface area contributed by atoms with Gasteiger partial charge in [0.1, 0.15) is 12.6 Å². The van der Waals surface area contributed by atoms with Crippen molar-refractivity contribution in [1.82, 2.24) is 4.90 Å². The first-order valence-electron chi connectivity index (χ1n) is 6.62. The van der Waals surface area contributed by atoms with E-state index < -0.39 is 23.9 Å². The number of carboxylic acids is 1. The van der Waals surface area contributed by atoms with E-state index in [2.05, 4.69) is 0 Å². The summed E-state index contributed by atoms with van der Waals surface area (Å²) >= 11 is 0. The minimum atomic E-state index is -1.07. The van der Waals surface area contributed by atoms with Crippen molar-refractivity contribution in [3.05, 3.63) is 29.8 Å². The van der Waals surface area contributed by atoms with E-state index in [0.29, 0.717) is 5.69 Å². The zero-order valence-corrected chi connectivity index (χ0v) is 11.7. The Balaban J connectivity index is 2.35. The number of hydrogen-bond acceptors (Lipinski definition) is 3. The summed E-state index contributed by atoms with van der Waals surface area (Å²) in [6.07, 6.45) is 0.255. The van der Waals surface area contributed by atoms with Gasteiger partial charge in [-0.3, -0.25) is 9.69 Å². The smallest absolute Gasteiger partial charge is 0.327 e. The zero-order chi connectivity index (χ0) is 15.6. The van der Waals surface area contributed by atoms with Gasteiger partial charge >= 0.3 is 12.0 Å². The summed E-state index contributed by atoms with van der Waals surface area (Å²) < 4.78 is 0. The molecule has 0 saturated carbocycles. The standard InChI is InChI=1S/C14H17N3O4/c1-2-16(8-12(15)18)14(21)17-10-6-4-3-5-9(10)7-11(17)13(19)20/h3-6,11H,2,7-8H2,1H3,(H2,15,18)(H,19,20). The predicted octanol–water partition coefficient (Wildman–Crippen LogP) is 0.429. The van der Waals surface area contributed by atoms with Crippen molar-refractivity contribution in [2.45, 2.75) is 19.4 Å². The van der Waals surface area contributed by atoms with Crippen LogP contribution in [0.2, 0.25) is 0 Å². The average Bonchev–Trinajstić information content (AvgIpc) is 2.83. The highest BCUT2D eigenvalue weighted by atomic mass is 16.4. The number of primary amides is 1. The Morgan fingerprint density at radius 3 is 2.62 bits per heavy atom. The lowest BCUT2D eigenvalue weighted by atomic mass is 10.1. The number of carboxylic acid groups (broad SMARTS) is 1. The van der Waals surface area contributed by atoms with E-state index in [-0.39, 0.29) is 19.5 Å². The Kier molecular flexibility index (Phi) is 4.11. The molecule has 7 heteroatoms. The second-order valence-corrected chi connectivity index (χ2v) is 4.82. The number of anilines is 1. The predicted molar refractivity (Wildman–Crippen MR) is 75.9 cm³/mol. The molecule has 1 aliphatic rings. The lowest BCUT2D eigenvalue weighted by Crippen LogP contribution is -2.51. The number of nitrogens with zero attached hydrogens (tertiary/aromatic N) is 2. The summed E-state index contributed by atoms with van der Waals surface area (Å²) in [6, 6.07) is 5.56. The van der Waals surface area contributed by atoms with Crippen molar-refractivity contribution in [1.29, 1.82) is 0 Å². The molecule has 0 aliphatic carbocycles. The van der Waals surface area contributed by atoms with Crippen LogP contribution in [-0.4, -0.2) is 47.0 Å². The second-order valence-electron chi connectivity index (χ2n) is 4.82. The van der Waals surface area contributed by atoms with E-state index >= 15 is 0 Å². The molecule has 0 spiro atoms. The maximum Gasteiger partial charge on any atom is 0.327 e. The van der Waals surface area contributed by atoms with Crippen molar-refractivity contribution in [3.63, 3.8) is 0 Å². The summed E-state index contributed by atoms with van der Waals surface area (Å²) in [5.74, 6) is -1.71. The van der Waals surface area contributed by atoms with E-state index in [9.17, 15) is 19.5 Å². The SMILES string of the molecule is CCN(CC(N)=O)C(=O)N1c2ccccc2CC1C(=O)O. The molecule has 0 radical (unpaired) electrons. The van der Waals surface area contributed by atoms with Gasteiger partial charge < -0.3 is 15.7 Å². The summed E-state index contributed by atoms with van der Waals surface area (Å²) in [4.78, 5) is 37.5. The highest BCUT2D eigenvalue weighted by Crippen LogP contribution is 2.33. The van der Waals surface area contributed by atoms with Gasteiger partial charge in [0.2, 0.25) is 5.91 Å². The van der Waals surface area contributed by atoms with Crippen LogP contribution in [0.15, 0.2) is 24.3 Å². The fraction of sp³-hybridized carbons (Fsp3) is 0.357. The first-order valence-corrected chi connectivity index (χ1v) is 6.62. The molecule has 1 aromatic carbocycles. The maximum atomic E-state index is 12.6. The Hall–Kier alpha value is -2.57. The van der Waals surface area contributed by atoms with E-state index in [0.717, 1.165) is 5.56 Å². The van der Waals surface area contributed by atoms with Gasteiger partial charge in [-0.25, -0.2) is 9.59 Å². The van der Waals surface area contributed by atoms with E-state index in [1.807, 2.05) is 0 Å². The average molecular weight is 291 g/mol. The van der Waals surface area contributed by atoms with Gasteiger partial charge in [-0.1, -0.05) is 18.2 Å². The van der Waals surface area contributed by atoms with Crippen LogP contribution in [0, 0.1) is 0 Å². The van der Waals surface area contributed by atoms with E-state index in [1.165, 1.54) is 9.80 Å². The number of fused-ring (bicyclic) bond motifs is 1. The molecule has 1 aromatic rings. The molecule has 0 aromatic heterocycles. The quantitative estimate of drug-likeness (QED) is 0.839. The highest BCUT2D eigenvalue weighted by Gasteiger charge is 2.40. The molecule has 0 bridgehead atoms. The van der Waals surface area contributed by atoms with Crippen LogP contribution in [0.1, 0.15) is 12.5 Å². The van der Waals surface area contributed by atoms with Gasteiger partial charge in [0, 0.05) is 18.7 Å². The third-order valence-electron chi connectivity index (χ3n) is 3.47. The zero-order valence-electron chi connectivity index (χ0n) is 11.7.